The Labute approximate surface area is 205 Å². The number of amides is 2. The number of benzene rings is 2. The number of hydrogen-bond donors (Lipinski definition) is 3. The van der Waals surface area contributed by atoms with Gasteiger partial charge in [0.2, 0.25) is 0 Å². The zero-order valence-electron chi connectivity index (χ0n) is 18.8. The van der Waals surface area contributed by atoms with Crippen LogP contribution < -0.4 is 10.6 Å². The van der Waals surface area contributed by atoms with Gasteiger partial charge in [-0.2, -0.15) is 0 Å². The van der Waals surface area contributed by atoms with Gasteiger partial charge in [-0.05, 0) is 30.7 Å². The second kappa shape index (κ2) is 9.19. The summed E-state index contributed by atoms with van der Waals surface area (Å²) in [6, 6.07) is 16.9. The van der Waals surface area contributed by atoms with Gasteiger partial charge >= 0.3 is 5.97 Å². The van der Waals surface area contributed by atoms with E-state index in [4.69, 9.17) is 5.11 Å². The Kier molecular flexibility index (Phi) is 5.92. The number of carboxylic acid groups (broad SMARTS) is 1. The van der Waals surface area contributed by atoms with E-state index in [1.54, 1.807) is 6.07 Å². The van der Waals surface area contributed by atoms with Gasteiger partial charge in [-0.3, -0.25) is 14.4 Å². The minimum Gasteiger partial charge on any atom is -0.481 e. The highest BCUT2D eigenvalue weighted by Gasteiger charge is 2.36. The number of pyridine rings is 1. The number of nitrogens with zero attached hydrogens (tertiary/aromatic N) is 2. The molecular formula is C26H22N4O4S. The summed E-state index contributed by atoms with van der Waals surface area (Å²) in [5.41, 5.74) is 2.99. The summed E-state index contributed by atoms with van der Waals surface area (Å²) in [5, 5.41) is 17.9. The number of para-hydroxylation sites is 1. The highest BCUT2D eigenvalue weighted by molar-refractivity contribution is 7.17. The number of rotatable bonds is 6. The van der Waals surface area contributed by atoms with Crippen molar-refractivity contribution in [1.29, 1.82) is 0 Å². The molecule has 9 heteroatoms. The Bertz CT molecular complexity index is 1460. The highest BCUT2D eigenvalue weighted by Crippen LogP contribution is 2.30. The van der Waals surface area contributed by atoms with Crippen molar-refractivity contribution >= 4 is 56.4 Å². The average Bonchev–Trinajstić information content (AvgIpc) is 3.24. The highest BCUT2D eigenvalue weighted by atomic mass is 32.1. The molecule has 0 spiro atoms. The Hall–Kier alpha value is -4.24. The second-order valence-corrected chi connectivity index (χ2v) is 9.32. The second-order valence-electron chi connectivity index (χ2n) is 8.41. The fourth-order valence-corrected chi connectivity index (χ4v) is 4.88. The van der Waals surface area contributed by atoms with Crippen LogP contribution in [-0.4, -0.2) is 45.9 Å². The van der Waals surface area contributed by atoms with Crippen LogP contribution in [-0.2, 0) is 4.79 Å². The third-order valence-electron chi connectivity index (χ3n) is 6.02. The van der Waals surface area contributed by atoms with Gasteiger partial charge in [-0.25, -0.2) is 4.98 Å². The molecular weight excluding hydrogens is 464 g/mol. The molecule has 2 amide bonds. The van der Waals surface area contributed by atoms with Crippen LogP contribution in [0.25, 0.3) is 10.1 Å². The van der Waals surface area contributed by atoms with E-state index in [0.29, 0.717) is 17.1 Å². The number of fused-ring (bicyclic) bond motifs is 1. The number of carbonyl (C=O) groups excluding carboxylic acids is 2. The minimum absolute atomic E-state index is 0.153. The lowest BCUT2D eigenvalue weighted by Gasteiger charge is -2.36. The van der Waals surface area contributed by atoms with Crippen LogP contribution >= 0.6 is 11.3 Å². The minimum atomic E-state index is -0.916. The molecule has 2 aromatic heterocycles. The van der Waals surface area contributed by atoms with Crippen molar-refractivity contribution in [2.75, 3.05) is 23.7 Å². The molecule has 2 aromatic carbocycles. The molecule has 0 radical (unpaired) electrons. The number of thiophene rings is 1. The fourth-order valence-electron chi connectivity index (χ4n) is 3.94. The number of anilines is 3. The van der Waals surface area contributed by atoms with E-state index in [9.17, 15) is 14.4 Å². The van der Waals surface area contributed by atoms with Crippen LogP contribution in [0.15, 0.2) is 66.2 Å². The van der Waals surface area contributed by atoms with Crippen molar-refractivity contribution in [2.24, 2.45) is 5.92 Å². The van der Waals surface area contributed by atoms with E-state index in [1.807, 2.05) is 60.8 Å². The van der Waals surface area contributed by atoms with E-state index in [-0.39, 0.29) is 30.5 Å². The number of aromatic nitrogens is 1. The van der Waals surface area contributed by atoms with E-state index < -0.39 is 11.9 Å². The van der Waals surface area contributed by atoms with Crippen molar-refractivity contribution in [1.82, 2.24) is 9.88 Å². The van der Waals surface area contributed by atoms with Crippen molar-refractivity contribution in [2.45, 2.75) is 6.92 Å². The lowest BCUT2D eigenvalue weighted by Crippen LogP contribution is -2.53. The maximum Gasteiger partial charge on any atom is 0.310 e. The molecule has 1 aliphatic heterocycles. The molecule has 3 heterocycles. The molecule has 0 bridgehead atoms. The average molecular weight is 487 g/mol. The number of nitrogens with one attached hydrogen (secondary N) is 2. The molecule has 1 saturated heterocycles. The first-order valence-electron chi connectivity index (χ1n) is 11.0. The summed E-state index contributed by atoms with van der Waals surface area (Å²) >= 11 is 1.49. The number of aliphatic carboxylic acids is 1. The van der Waals surface area contributed by atoms with Crippen LogP contribution in [0, 0.1) is 12.8 Å². The summed E-state index contributed by atoms with van der Waals surface area (Å²) in [6.45, 7) is 2.26. The Morgan fingerprint density at radius 2 is 1.80 bits per heavy atom. The summed E-state index contributed by atoms with van der Waals surface area (Å²) in [4.78, 5) is 43.2. The van der Waals surface area contributed by atoms with Crippen LogP contribution in [0.4, 0.5) is 17.2 Å². The SMILES string of the molecule is Cc1ccccc1Nc1ncc(C(=O)N2CC(C(=O)O)C2)cc1NC(=O)c1csc2ccccc12. The lowest BCUT2D eigenvalue weighted by atomic mass is 9.99. The van der Waals surface area contributed by atoms with Gasteiger partial charge in [0.1, 0.15) is 0 Å². The zero-order chi connectivity index (χ0) is 24.5. The van der Waals surface area contributed by atoms with Crippen LogP contribution in [0.5, 0.6) is 0 Å². The maximum absolute atomic E-state index is 13.2. The van der Waals surface area contributed by atoms with Crippen molar-refractivity contribution in [3.8, 4) is 0 Å². The molecule has 1 aliphatic rings. The molecule has 0 unspecified atom stereocenters. The number of aryl methyl sites for hydroxylation is 1. The normalized spacial score (nSPS) is 13.3. The molecule has 8 nitrogen and oxygen atoms in total. The van der Waals surface area contributed by atoms with E-state index in [2.05, 4.69) is 15.6 Å². The lowest BCUT2D eigenvalue weighted by molar-refractivity contribution is -0.146. The predicted molar refractivity (Wildman–Crippen MR) is 136 cm³/mol. The largest absolute Gasteiger partial charge is 0.481 e. The first-order chi connectivity index (χ1) is 16.9. The van der Waals surface area contributed by atoms with Crippen LogP contribution in [0.1, 0.15) is 26.3 Å². The number of likely N-dealkylation sites (tertiary alicyclic amines) is 1. The zero-order valence-corrected chi connectivity index (χ0v) is 19.6. The number of hydrogen-bond acceptors (Lipinski definition) is 6. The molecule has 0 saturated carbocycles. The van der Waals surface area contributed by atoms with Gasteiger partial charge in [-0.1, -0.05) is 36.4 Å². The van der Waals surface area contributed by atoms with Crippen LogP contribution in [0.2, 0.25) is 0 Å². The van der Waals surface area contributed by atoms with Gasteiger partial charge < -0.3 is 20.6 Å². The number of carboxylic acids is 1. The third-order valence-corrected chi connectivity index (χ3v) is 6.99. The van der Waals surface area contributed by atoms with Crippen LogP contribution in [0.3, 0.4) is 0 Å². The molecule has 35 heavy (non-hydrogen) atoms. The topological polar surface area (TPSA) is 112 Å². The van der Waals surface area contributed by atoms with Gasteiger partial charge in [0.25, 0.3) is 11.8 Å². The van der Waals surface area contributed by atoms with E-state index in [1.165, 1.54) is 22.4 Å². The van der Waals surface area contributed by atoms with Crippen molar-refractivity contribution in [3.63, 3.8) is 0 Å². The monoisotopic (exact) mass is 486 g/mol. The molecule has 5 rings (SSSR count). The predicted octanol–water partition coefficient (Wildman–Crippen LogP) is 4.76. The molecule has 1 fully saturated rings. The Morgan fingerprint density at radius 1 is 1.06 bits per heavy atom. The van der Waals surface area contributed by atoms with Gasteiger partial charge in [0.05, 0.1) is 22.7 Å². The fraction of sp³-hybridized carbons (Fsp3) is 0.154. The first kappa shape index (κ1) is 22.5. The first-order valence-corrected chi connectivity index (χ1v) is 11.9. The maximum atomic E-state index is 13.2. The summed E-state index contributed by atoms with van der Waals surface area (Å²) < 4.78 is 1.00. The Morgan fingerprint density at radius 3 is 2.57 bits per heavy atom. The van der Waals surface area contributed by atoms with Crippen molar-refractivity contribution in [3.05, 3.63) is 82.9 Å². The molecule has 3 N–H and O–H groups in total. The third kappa shape index (κ3) is 4.45. The quantitative estimate of drug-likeness (QED) is 0.362. The summed E-state index contributed by atoms with van der Waals surface area (Å²) in [7, 11) is 0. The van der Waals surface area contributed by atoms with E-state index in [0.717, 1.165) is 21.3 Å². The smallest absolute Gasteiger partial charge is 0.310 e. The van der Waals surface area contributed by atoms with E-state index >= 15 is 0 Å². The van der Waals surface area contributed by atoms with Gasteiger partial charge in [0, 0.05) is 40.4 Å². The molecule has 0 aliphatic carbocycles. The molecule has 4 aromatic rings. The summed E-state index contributed by atoms with van der Waals surface area (Å²) in [5.74, 6) is -1.71. The Balaban J connectivity index is 1.46. The molecule has 0 atom stereocenters. The van der Waals surface area contributed by atoms with Gasteiger partial charge in [0.15, 0.2) is 5.82 Å². The molecule has 176 valence electrons. The van der Waals surface area contributed by atoms with Crippen molar-refractivity contribution < 1.29 is 19.5 Å². The number of carbonyl (C=O) groups is 3. The summed E-state index contributed by atoms with van der Waals surface area (Å²) in [6.07, 6.45) is 1.44. The van der Waals surface area contributed by atoms with Gasteiger partial charge in [-0.15, -0.1) is 11.3 Å². The standard InChI is InChI=1S/C26H22N4O4S/c1-15-6-2-4-8-20(15)28-23-21(29-24(31)19-14-35-22-9-5-3-7-18(19)22)10-16(11-27-23)25(32)30-12-17(13-30)26(33)34/h2-11,14,17H,12-13H2,1H3,(H,27,28)(H,29,31)(H,33,34).